The van der Waals surface area contributed by atoms with Gasteiger partial charge in [0.2, 0.25) is 0 Å². The normalized spacial score (nSPS) is 13.7. The average Bonchev–Trinajstić information content (AvgIpc) is 3.06. The molecule has 3 aromatic carbocycles. The van der Waals surface area contributed by atoms with Gasteiger partial charge in [-0.15, -0.1) is 0 Å². The second-order valence-corrected chi connectivity index (χ2v) is 7.97. The first-order valence-electron chi connectivity index (χ1n) is 9.67. The van der Waals surface area contributed by atoms with Gasteiger partial charge in [-0.1, -0.05) is 65.7 Å². The fourth-order valence-electron chi connectivity index (χ4n) is 3.53. The number of carbonyl (C=O) groups excluding carboxylic acids is 4. The number of carbonyl (C=O) groups is 4. The van der Waals surface area contributed by atoms with Crippen LogP contribution >= 0.6 is 23.2 Å². The van der Waals surface area contributed by atoms with Crippen LogP contribution < -0.4 is 0 Å². The van der Waals surface area contributed by atoms with Crippen LogP contribution in [0.15, 0.2) is 72.8 Å². The Morgan fingerprint density at radius 2 is 1.34 bits per heavy atom. The van der Waals surface area contributed by atoms with Crippen molar-refractivity contribution in [2.75, 3.05) is 0 Å². The Bertz CT molecular complexity index is 1220. The maximum absolute atomic E-state index is 13.5. The van der Waals surface area contributed by atoms with E-state index >= 15 is 0 Å². The van der Waals surface area contributed by atoms with Crippen LogP contribution in [0.4, 0.5) is 0 Å². The predicted molar refractivity (Wildman–Crippen MR) is 120 cm³/mol. The molecule has 6 nitrogen and oxygen atoms in total. The van der Waals surface area contributed by atoms with Crippen LogP contribution in [0.5, 0.6) is 0 Å². The van der Waals surface area contributed by atoms with Crippen LogP contribution in [0, 0.1) is 0 Å². The molecule has 0 aliphatic carbocycles. The highest BCUT2D eigenvalue weighted by molar-refractivity contribution is 6.42. The molecule has 0 spiro atoms. The molecule has 0 bridgehead atoms. The van der Waals surface area contributed by atoms with Gasteiger partial charge in [0, 0.05) is 11.1 Å². The molecule has 0 radical (unpaired) electrons. The molecular formula is C24H16Cl2N2O4. The van der Waals surface area contributed by atoms with Gasteiger partial charge in [-0.2, -0.15) is 5.01 Å². The molecule has 3 aromatic rings. The number of benzene rings is 3. The van der Waals surface area contributed by atoms with E-state index in [1.165, 1.54) is 37.3 Å². The molecule has 0 fully saturated rings. The highest BCUT2D eigenvalue weighted by atomic mass is 35.5. The second-order valence-electron chi connectivity index (χ2n) is 7.15. The molecule has 1 heterocycles. The molecule has 1 aliphatic rings. The maximum Gasteiger partial charge on any atom is 0.280 e. The predicted octanol–water partition coefficient (Wildman–Crippen LogP) is 4.92. The Balaban J connectivity index is 1.81. The van der Waals surface area contributed by atoms with Crippen molar-refractivity contribution in [3.8, 4) is 0 Å². The fraction of sp³-hybridized carbons (Fsp3) is 0.0833. The van der Waals surface area contributed by atoms with Gasteiger partial charge in [-0.3, -0.25) is 19.2 Å². The first-order valence-corrected chi connectivity index (χ1v) is 10.4. The van der Waals surface area contributed by atoms with Crippen LogP contribution in [-0.2, 0) is 0 Å². The lowest BCUT2D eigenvalue weighted by molar-refractivity contribution is -0.00680. The van der Waals surface area contributed by atoms with E-state index in [4.69, 9.17) is 23.2 Å². The number of imide groups is 1. The summed E-state index contributed by atoms with van der Waals surface area (Å²) in [4.78, 5) is 53.0. The van der Waals surface area contributed by atoms with Crippen LogP contribution in [-0.4, -0.2) is 39.6 Å². The largest absolute Gasteiger partial charge is 0.292 e. The van der Waals surface area contributed by atoms with E-state index in [0.717, 1.165) is 10.0 Å². The van der Waals surface area contributed by atoms with E-state index in [-0.39, 0.29) is 26.7 Å². The summed E-state index contributed by atoms with van der Waals surface area (Å²) in [6, 6.07) is 17.6. The Morgan fingerprint density at radius 3 is 1.91 bits per heavy atom. The molecular weight excluding hydrogens is 451 g/mol. The third-order valence-electron chi connectivity index (χ3n) is 5.17. The van der Waals surface area contributed by atoms with Crippen molar-refractivity contribution in [1.29, 1.82) is 0 Å². The lowest BCUT2D eigenvalue weighted by Crippen LogP contribution is -2.56. The Hall–Kier alpha value is -3.48. The van der Waals surface area contributed by atoms with Crippen molar-refractivity contribution in [3.63, 3.8) is 0 Å². The molecule has 0 aromatic heterocycles. The molecule has 0 unspecified atom stereocenters. The number of ketones is 1. The van der Waals surface area contributed by atoms with Crippen molar-refractivity contribution in [3.05, 3.63) is 105 Å². The summed E-state index contributed by atoms with van der Waals surface area (Å²) in [5, 5.41) is 1.98. The first-order chi connectivity index (χ1) is 15.3. The molecule has 1 atom stereocenters. The standard InChI is InChI=1S/C24H16Cl2N2O4/c1-14(21(29)15-7-3-2-4-8-15)27(22(30)16-11-12-19(25)20(26)13-16)28-23(31)17-9-5-6-10-18(17)24(28)32/h2-14H,1H3/t14-/m0/s1. The zero-order chi connectivity index (χ0) is 23.0. The number of hydrazine groups is 1. The van der Waals surface area contributed by atoms with Crippen molar-refractivity contribution < 1.29 is 19.2 Å². The van der Waals surface area contributed by atoms with Gasteiger partial charge in [0.05, 0.1) is 21.2 Å². The molecule has 0 saturated heterocycles. The van der Waals surface area contributed by atoms with Gasteiger partial charge in [0.1, 0.15) is 6.04 Å². The third-order valence-corrected chi connectivity index (χ3v) is 5.91. The molecule has 0 N–H and O–H groups in total. The number of Topliss-reactive ketones (excluding diaryl/α,β-unsaturated/α-hetero) is 1. The highest BCUT2D eigenvalue weighted by Crippen LogP contribution is 2.29. The molecule has 3 amide bonds. The van der Waals surface area contributed by atoms with Crippen molar-refractivity contribution in [2.24, 2.45) is 0 Å². The third kappa shape index (κ3) is 3.68. The second kappa shape index (κ2) is 8.57. The number of halogens is 2. The summed E-state index contributed by atoms with van der Waals surface area (Å²) in [6.45, 7) is 1.47. The summed E-state index contributed by atoms with van der Waals surface area (Å²) in [5.41, 5.74) is 0.722. The molecule has 8 heteroatoms. The molecule has 4 rings (SSSR count). The van der Waals surface area contributed by atoms with E-state index in [2.05, 4.69) is 0 Å². The number of fused-ring (bicyclic) bond motifs is 1. The maximum atomic E-state index is 13.5. The lowest BCUT2D eigenvalue weighted by Gasteiger charge is -2.34. The first kappa shape index (κ1) is 21.7. The summed E-state index contributed by atoms with van der Waals surface area (Å²) >= 11 is 12.0. The van der Waals surface area contributed by atoms with E-state index in [9.17, 15) is 19.2 Å². The summed E-state index contributed by atoms with van der Waals surface area (Å²) < 4.78 is 0. The molecule has 1 aliphatic heterocycles. The van der Waals surface area contributed by atoms with E-state index < -0.39 is 29.5 Å². The van der Waals surface area contributed by atoms with Crippen molar-refractivity contribution >= 4 is 46.7 Å². The Morgan fingerprint density at radius 1 is 0.781 bits per heavy atom. The molecule has 32 heavy (non-hydrogen) atoms. The van der Waals surface area contributed by atoms with Gasteiger partial charge in [0.25, 0.3) is 17.7 Å². The van der Waals surface area contributed by atoms with Gasteiger partial charge >= 0.3 is 0 Å². The van der Waals surface area contributed by atoms with Crippen LogP contribution in [0.25, 0.3) is 0 Å². The molecule has 160 valence electrons. The lowest BCUT2D eigenvalue weighted by atomic mass is 10.0. The van der Waals surface area contributed by atoms with Gasteiger partial charge in [0.15, 0.2) is 5.78 Å². The number of nitrogens with zero attached hydrogens (tertiary/aromatic N) is 2. The van der Waals surface area contributed by atoms with Crippen molar-refractivity contribution in [2.45, 2.75) is 13.0 Å². The molecule has 0 saturated carbocycles. The number of amides is 3. The monoisotopic (exact) mass is 466 g/mol. The van der Waals surface area contributed by atoms with E-state index in [0.29, 0.717) is 5.56 Å². The average molecular weight is 467 g/mol. The summed E-state index contributed by atoms with van der Waals surface area (Å²) in [5.74, 6) is -2.55. The minimum absolute atomic E-state index is 0.0728. The van der Waals surface area contributed by atoms with Crippen molar-refractivity contribution in [1.82, 2.24) is 10.0 Å². The summed E-state index contributed by atoms with van der Waals surface area (Å²) in [6.07, 6.45) is 0. The van der Waals surface area contributed by atoms with Gasteiger partial charge in [-0.25, -0.2) is 5.01 Å². The highest BCUT2D eigenvalue weighted by Gasteiger charge is 2.44. The minimum atomic E-state index is -1.17. The fourth-order valence-corrected chi connectivity index (χ4v) is 3.83. The van der Waals surface area contributed by atoms with Crippen LogP contribution in [0.3, 0.4) is 0 Å². The SMILES string of the molecule is C[C@@H](C(=O)c1ccccc1)N(C(=O)c1ccc(Cl)c(Cl)c1)N1C(=O)c2ccccc2C1=O. The minimum Gasteiger partial charge on any atom is -0.292 e. The van der Waals surface area contributed by atoms with Gasteiger partial charge in [-0.05, 0) is 37.3 Å². The number of hydrogen-bond acceptors (Lipinski definition) is 4. The van der Waals surface area contributed by atoms with E-state index in [1.54, 1.807) is 42.5 Å². The smallest absolute Gasteiger partial charge is 0.280 e. The van der Waals surface area contributed by atoms with Gasteiger partial charge < -0.3 is 0 Å². The zero-order valence-corrected chi connectivity index (χ0v) is 18.3. The topological polar surface area (TPSA) is 74.8 Å². The number of hydrogen-bond donors (Lipinski definition) is 0. The quantitative estimate of drug-likeness (QED) is 0.395. The Labute approximate surface area is 193 Å². The summed E-state index contributed by atoms with van der Waals surface area (Å²) in [7, 11) is 0. The van der Waals surface area contributed by atoms with E-state index in [1.807, 2.05) is 0 Å². The van der Waals surface area contributed by atoms with Crippen LogP contribution in [0.1, 0.15) is 48.4 Å². The Kier molecular flexibility index (Phi) is 5.82. The number of rotatable bonds is 5. The zero-order valence-electron chi connectivity index (χ0n) is 16.8. The van der Waals surface area contributed by atoms with Crippen LogP contribution in [0.2, 0.25) is 10.0 Å².